The second-order valence-corrected chi connectivity index (χ2v) is 8.24. The second-order valence-electron chi connectivity index (χ2n) is 8.24. The molecule has 12 nitrogen and oxygen atoms in total. The predicted octanol–water partition coefficient (Wildman–Crippen LogP) is -1.37. The zero-order valence-corrected chi connectivity index (χ0v) is 19.6. The maximum Gasteiger partial charge on any atom is 0.326 e. The van der Waals surface area contributed by atoms with Gasteiger partial charge in [-0.05, 0) is 31.6 Å². The predicted molar refractivity (Wildman–Crippen MR) is 121 cm³/mol. The number of aliphatic imine (C=N–C) groups is 1. The Hall–Kier alpha value is -2.89. The maximum atomic E-state index is 13.0. The Kier molecular flexibility index (Phi) is 12.9. The van der Waals surface area contributed by atoms with E-state index < -0.39 is 47.9 Å². The van der Waals surface area contributed by atoms with Gasteiger partial charge in [0.05, 0.1) is 6.04 Å². The van der Waals surface area contributed by atoms with Crippen molar-refractivity contribution >= 4 is 29.7 Å². The van der Waals surface area contributed by atoms with Crippen molar-refractivity contribution in [1.29, 1.82) is 0 Å². The SMILES string of the molecule is CCC(C)C(NC(=O)C(CCCN=C(N)N)NC(=O)C(C)N)C(=O)NC(C(=O)O)C(C)C. The summed E-state index contributed by atoms with van der Waals surface area (Å²) in [7, 11) is 0. The molecule has 0 rings (SSSR count). The summed E-state index contributed by atoms with van der Waals surface area (Å²) in [6.45, 7) is 8.70. The van der Waals surface area contributed by atoms with E-state index in [1.54, 1.807) is 20.8 Å². The van der Waals surface area contributed by atoms with Gasteiger partial charge in [0.15, 0.2) is 5.96 Å². The molecular weight excluding hydrogens is 418 g/mol. The quantitative estimate of drug-likeness (QED) is 0.0935. The number of carbonyl (C=O) groups excluding carboxylic acids is 3. The minimum Gasteiger partial charge on any atom is -0.480 e. The molecule has 0 aliphatic carbocycles. The van der Waals surface area contributed by atoms with E-state index in [0.717, 1.165) is 0 Å². The van der Waals surface area contributed by atoms with E-state index >= 15 is 0 Å². The number of nitrogens with zero attached hydrogens (tertiary/aromatic N) is 1. The van der Waals surface area contributed by atoms with Gasteiger partial charge < -0.3 is 38.3 Å². The molecule has 0 heterocycles. The summed E-state index contributed by atoms with van der Waals surface area (Å²) in [6, 6.07) is -3.89. The van der Waals surface area contributed by atoms with Gasteiger partial charge in [-0.15, -0.1) is 0 Å². The molecule has 5 atom stereocenters. The van der Waals surface area contributed by atoms with Gasteiger partial charge in [-0.3, -0.25) is 19.4 Å². The molecule has 5 unspecified atom stereocenters. The Morgan fingerprint density at radius 2 is 1.47 bits per heavy atom. The van der Waals surface area contributed by atoms with E-state index in [4.69, 9.17) is 17.2 Å². The summed E-state index contributed by atoms with van der Waals surface area (Å²) >= 11 is 0. The van der Waals surface area contributed by atoms with Crippen LogP contribution in [-0.2, 0) is 19.2 Å². The largest absolute Gasteiger partial charge is 0.480 e. The highest BCUT2D eigenvalue weighted by Gasteiger charge is 2.33. The fourth-order valence-corrected chi connectivity index (χ4v) is 2.79. The fourth-order valence-electron chi connectivity index (χ4n) is 2.79. The van der Waals surface area contributed by atoms with Crippen molar-refractivity contribution in [3.63, 3.8) is 0 Å². The third-order valence-corrected chi connectivity index (χ3v) is 5.02. The summed E-state index contributed by atoms with van der Waals surface area (Å²) in [5, 5.41) is 17.1. The minimum absolute atomic E-state index is 0.0859. The molecule has 3 amide bonds. The normalized spacial score (nSPS) is 15.6. The first-order valence-electron chi connectivity index (χ1n) is 10.8. The van der Waals surface area contributed by atoms with Crippen molar-refractivity contribution < 1.29 is 24.3 Å². The van der Waals surface area contributed by atoms with Gasteiger partial charge in [-0.1, -0.05) is 34.1 Å². The Labute approximate surface area is 189 Å². The van der Waals surface area contributed by atoms with Gasteiger partial charge >= 0.3 is 5.97 Å². The molecule has 0 aromatic rings. The van der Waals surface area contributed by atoms with Crippen molar-refractivity contribution in [1.82, 2.24) is 16.0 Å². The van der Waals surface area contributed by atoms with Crippen LogP contribution in [0.4, 0.5) is 0 Å². The first-order valence-corrected chi connectivity index (χ1v) is 10.8. The lowest BCUT2D eigenvalue weighted by atomic mass is 9.96. The lowest BCUT2D eigenvalue weighted by molar-refractivity contribution is -0.144. The van der Waals surface area contributed by atoms with Gasteiger partial charge in [-0.2, -0.15) is 0 Å². The van der Waals surface area contributed by atoms with Crippen molar-refractivity contribution in [3.05, 3.63) is 0 Å². The molecule has 12 heteroatoms. The molecule has 184 valence electrons. The standard InChI is InChI=1S/C20H39N7O5/c1-6-11(4)15(18(30)26-14(10(2)3)19(31)32)27-17(29)13(25-16(28)12(5)21)8-7-9-24-20(22)23/h10-15H,6-9,21H2,1-5H3,(H,25,28)(H,26,30)(H,27,29)(H,31,32)(H4,22,23,24). The molecule has 0 radical (unpaired) electrons. The van der Waals surface area contributed by atoms with E-state index in [0.29, 0.717) is 12.8 Å². The highest BCUT2D eigenvalue weighted by Crippen LogP contribution is 2.11. The van der Waals surface area contributed by atoms with E-state index in [1.807, 2.05) is 6.92 Å². The molecule has 0 aliphatic rings. The number of aliphatic carboxylic acids is 1. The number of carboxylic acids is 1. The Morgan fingerprint density at radius 3 is 1.91 bits per heavy atom. The van der Waals surface area contributed by atoms with E-state index in [9.17, 15) is 24.3 Å². The Bertz CT molecular complexity index is 677. The van der Waals surface area contributed by atoms with Crippen LogP contribution >= 0.6 is 0 Å². The van der Waals surface area contributed by atoms with Gasteiger partial charge in [-0.25, -0.2) is 4.79 Å². The van der Waals surface area contributed by atoms with Crippen LogP contribution in [0.3, 0.4) is 0 Å². The fraction of sp³-hybridized carbons (Fsp3) is 0.750. The first kappa shape index (κ1) is 29.1. The van der Waals surface area contributed by atoms with Crippen LogP contribution in [0.5, 0.6) is 0 Å². The molecule has 0 saturated carbocycles. The van der Waals surface area contributed by atoms with Gasteiger partial charge in [0.1, 0.15) is 18.1 Å². The van der Waals surface area contributed by atoms with Gasteiger partial charge in [0.2, 0.25) is 17.7 Å². The third-order valence-electron chi connectivity index (χ3n) is 5.02. The van der Waals surface area contributed by atoms with Crippen molar-refractivity contribution in [2.24, 2.45) is 34.0 Å². The molecule has 0 fully saturated rings. The highest BCUT2D eigenvalue weighted by molar-refractivity contribution is 5.94. The highest BCUT2D eigenvalue weighted by atomic mass is 16.4. The van der Waals surface area contributed by atoms with Crippen LogP contribution in [0.25, 0.3) is 0 Å². The molecule has 0 aromatic carbocycles. The summed E-state index contributed by atoms with van der Waals surface area (Å²) in [4.78, 5) is 53.2. The minimum atomic E-state index is -1.16. The smallest absolute Gasteiger partial charge is 0.326 e. The topological polar surface area (TPSA) is 215 Å². The second kappa shape index (κ2) is 14.2. The number of nitrogens with one attached hydrogen (secondary N) is 3. The van der Waals surface area contributed by atoms with Crippen LogP contribution in [0.15, 0.2) is 4.99 Å². The van der Waals surface area contributed by atoms with Crippen LogP contribution in [0, 0.1) is 11.8 Å². The first-order chi connectivity index (χ1) is 14.8. The summed E-state index contributed by atoms with van der Waals surface area (Å²) < 4.78 is 0. The maximum absolute atomic E-state index is 13.0. The van der Waals surface area contributed by atoms with Crippen LogP contribution in [-0.4, -0.2) is 65.5 Å². The molecule has 0 saturated heterocycles. The lowest BCUT2D eigenvalue weighted by Crippen LogP contribution is -2.59. The average Bonchev–Trinajstić information content (AvgIpc) is 2.70. The monoisotopic (exact) mass is 457 g/mol. The number of hydrogen-bond donors (Lipinski definition) is 7. The van der Waals surface area contributed by atoms with E-state index in [1.165, 1.54) is 6.92 Å². The summed E-state index contributed by atoms with van der Waals surface area (Å²) in [6.07, 6.45) is 1.16. The van der Waals surface area contributed by atoms with Crippen LogP contribution in [0.1, 0.15) is 53.9 Å². The Morgan fingerprint density at radius 1 is 0.906 bits per heavy atom. The molecule has 0 spiro atoms. The average molecular weight is 458 g/mol. The molecule has 0 aliphatic heterocycles. The molecule has 32 heavy (non-hydrogen) atoms. The zero-order valence-electron chi connectivity index (χ0n) is 19.6. The van der Waals surface area contributed by atoms with Crippen molar-refractivity contribution in [2.75, 3.05) is 6.54 Å². The third kappa shape index (κ3) is 10.4. The molecular formula is C20H39N7O5. The number of nitrogens with two attached hydrogens (primary N) is 3. The van der Waals surface area contributed by atoms with Crippen molar-refractivity contribution in [3.8, 4) is 0 Å². The number of amides is 3. The Balaban J connectivity index is 5.52. The molecule has 0 bridgehead atoms. The van der Waals surface area contributed by atoms with Crippen molar-refractivity contribution in [2.45, 2.75) is 78.0 Å². The molecule has 10 N–H and O–H groups in total. The molecule has 0 aromatic heterocycles. The van der Waals surface area contributed by atoms with Crippen LogP contribution < -0.4 is 33.2 Å². The summed E-state index contributed by atoms with van der Waals surface area (Å²) in [5.74, 6) is -3.60. The number of rotatable bonds is 14. The summed E-state index contributed by atoms with van der Waals surface area (Å²) in [5.41, 5.74) is 16.2. The number of carboxylic acid groups (broad SMARTS) is 1. The number of hydrogen-bond acceptors (Lipinski definition) is 6. The van der Waals surface area contributed by atoms with E-state index in [-0.39, 0.29) is 30.8 Å². The van der Waals surface area contributed by atoms with Gasteiger partial charge in [0.25, 0.3) is 0 Å². The number of carbonyl (C=O) groups is 4. The van der Waals surface area contributed by atoms with Gasteiger partial charge in [0, 0.05) is 6.54 Å². The number of guanidine groups is 1. The van der Waals surface area contributed by atoms with E-state index in [2.05, 4.69) is 20.9 Å². The zero-order chi connectivity index (χ0) is 25.0. The lowest BCUT2D eigenvalue weighted by Gasteiger charge is -2.28. The van der Waals surface area contributed by atoms with Crippen LogP contribution in [0.2, 0.25) is 0 Å².